The second-order valence-electron chi connectivity index (χ2n) is 5.42. The van der Waals surface area contributed by atoms with Crippen LogP contribution in [0.1, 0.15) is 19.4 Å². The quantitative estimate of drug-likeness (QED) is 0.796. The van der Waals surface area contributed by atoms with Gasteiger partial charge in [0.1, 0.15) is 11.0 Å². The van der Waals surface area contributed by atoms with Gasteiger partial charge in [0.2, 0.25) is 0 Å². The molecule has 0 amide bonds. The Kier molecular flexibility index (Phi) is 4.27. The maximum atomic E-state index is 12.0. The van der Waals surface area contributed by atoms with E-state index < -0.39 is 14.6 Å². The Morgan fingerprint density at radius 3 is 2.45 bits per heavy atom. The van der Waals surface area contributed by atoms with Crippen LogP contribution in [0.4, 0.5) is 5.82 Å². The first kappa shape index (κ1) is 15.5. The van der Waals surface area contributed by atoms with Crippen LogP contribution in [0.2, 0.25) is 5.15 Å². The van der Waals surface area contributed by atoms with E-state index in [1.807, 2.05) is 0 Å². The number of hydrogen-bond acceptors (Lipinski definition) is 5. The van der Waals surface area contributed by atoms with E-state index in [0.717, 1.165) is 13.1 Å². The van der Waals surface area contributed by atoms with E-state index in [9.17, 15) is 8.42 Å². The van der Waals surface area contributed by atoms with Crippen molar-refractivity contribution in [3.8, 4) is 0 Å². The van der Waals surface area contributed by atoms with Gasteiger partial charge >= 0.3 is 0 Å². The zero-order valence-electron chi connectivity index (χ0n) is 11.9. The predicted molar refractivity (Wildman–Crippen MR) is 80.1 cm³/mol. The molecule has 1 fully saturated rings. The summed E-state index contributed by atoms with van der Waals surface area (Å²) >= 11 is 6.06. The minimum Gasteiger partial charge on any atom is -0.378 e. The zero-order chi connectivity index (χ0) is 15.0. The van der Waals surface area contributed by atoms with Gasteiger partial charge in [0, 0.05) is 19.3 Å². The number of anilines is 1. The number of sulfone groups is 1. The van der Waals surface area contributed by atoms with Gasteiger partial charge in [-0.15, -0.1) is 0 Å². The molecule has 20 heavy (non-hydrogen) atoms. The highest BCUT2D eigenvalue weighted by molar-refractivity contribution is 7.91. The summed E-state index contributed by atoms with van der Waals surface area (Å²) in [5.74, 6) is 0.701. The van der Waals surface area contributed by atoms with E-state index in [1.54, 1.807) is 26.0 Å². The zero-order valence-corrected chi connectivity index (χ0v) is 13.5. The minimum atomic E-state index is -3.25. The number of morpholine rings is 1. The normalized spacial score (nSPS) is 17.3. The summed E-state index contributed by atoms with van der Waals surface area (Å²) in [6, 6.07) is 3.42. The average Bonchev–Trinajstić information content (AvgIpc) is 2.37. The topological polar surface area (TPSA) is 59.5 Å². The van der Waals surface area contributed by atoms with E-state index in [1.165, 1.54) is 6.26 Å². The van der Waals surface area contributed by atoms with Crippen molar-refractivity contribution in [3.05, 3.63) is 22.8 Å². The van der Waals surface area contributed by atoms with E-state index in [0.29, 0.717) is 29.7 Å². The lowest BCUT2D eigenvalue weighted by atomic mass is 10.0. The second kappa shape index (κ2) is 5.50. The number of nitrogens with zero attached hydrogens (tertiary/aromatic N) is 2. The number of aromatic nitrogens is 1. The van der Waals surface area contributed by atoms with Crippen LogP contribution < -0.4 is 4.90 Å². The van der Waals surface area contributed by atoms with Crippen LogP contribution >= 0.6 is 11.6 Å². The monoisotopic (exact) mass is 318 g/mol. The molecule has 1 aromatic heterocycles. The van der Waals surface area contributed by atoms with Gasteiger partial charge in [0.15, 0.2) is 9.84 Å². The van der Waals surface area contributed by atoms with Crippen LogP contribution in [0.5, 0.6) is 0 Å². The maximum absolute atomic E-state index is 12.0. The van der Waals surface area contributed by atoms with Gasteiger partial charge < -0.3 is 9.64 Å². The van der Waals surface area contributed by atoms with Crippen molar-refractivity contribution in [2.75, 3.05) is 37.5 Å². The van der Waals surface area contributed by atoms with Crippen LogP contribution in [0.15, 0.2) is 12.1 Å². The van der Waals surface area contributed by atoms with Crippen molar-refractivity contribution in [1.29, 1.82) is 0 Å². The van der Waals surface area contributed by atoms with Gasteiger partial charge in [0.05, 0.1) is 18.0 Å². The molecule has 2 rings (SSSR count). The lowest BCUT2D eigenvalue weighted by molar-refractivity contribution is 0.122. The molecule has 1 saturated heterocycles. The third kappa shape index (κ3) is 3.07. The number of halogens is 1. The molecule has 0 unspecified atom stereocenters. The fourth-order valence-electron chi connectivity index (χ4n) is 2.00. The first-order valence-corrected chi connectivity index (χ1v) is 8.69. The van der Waals surface area contributed by atoms with Crippen molar-refractivity contribution in [1.82, 2.24) is 4.98 Å². The molecule has 1 aromatic rings. The van der Waals surface area contributed by atoms with Crippen molar-refractivity contribution in [2.24, 2.45) is 0 Å². The molecule has 5 nitrogen and oxygen atoms in total. The maximum Gasteiger partial charge on any atom is 0.156 e. The molecule has 0 aliphatic carbocycles. The van der Waals surface area contributed by atoms with Gasteiger partial charge in [-0.2, -0.15) is 0 Å². The summed E-state index contributed by atoms with van der Waals surface area (Å²) in [7, 11) is -3.25. The smallest absolute Gasteiger partial charge is 0.156 e. The molecule has 1 aliphatic heterocycles. The van der Waals surface area contributed by atoms with Crippen molar-refractivity contribution >= 4 is 27.3 Å². The molecule has 0 atom stereocenters. The molecule has 2 heterocycles. The van der Waals surface area contributed by atoms with Crippen molar-refractivity contribution in [2.45, 2.75) is 18.6 Å². The summed E-state index contributed by atoms with van der Waals surface area (Å²) < 4.78 is 28.2. The Hall–Kier alpha value is -0.850. The van der Waals surface area contributed by atoms with E-state index in [2.05, 4.69) is 9.88 Å². The van der Waals surface area contributed by atoms with Crippen LogP contribution in [0.3, 0.4) is 0 Å². The first-order chi connectivity index (χ1) is 9.22. The number of rotatable bonds is 3. The Labute approximate surface area is 124 Å². The van der Waals surface area contributed by atoms with Crippen LogP contribution in [-0.2, 0) is 19.3 Å². The Morgan fingerprint density at radius 1 is 1.30 bits per heavy atom. The third-order valence-electron chi connectivity index (χ3n) is 3.74. The summed E-state index contributed by atoms with van der Waals surface area (Å²) in [6.45, 7) is 6.09. The molecule has 0 aromatic carbocycles. The second-order valence-corrected chi connectivity index (χ2v) is 8.37. The van der Waals surface area contributed by atoms with Crippen LogP contribution in [-0.4, -0.2) is 46.0 Å². The molecule has 112 valence electrons. The summed E-state index contributed by atoms with van der Waals surface area (Å²) in [5, 5.41) is 0.306. The Bertz CT molecular complexity index is 596. The first-order valence-electron chi connectivity index (χ1n) is 6.42. The highest BCUT2D eigenvalue weighted by Crippen LogP contribution is 2.32. The van der Waals surface area contributed by atoms with Gasteiger partial charge in [-0.25, -0.2) is 13.4 Å². The fraction of sp³-hybridized carbons (Fsp3) is 0.615. The van der Waals surface area contributed by atoms with Gasteiger partial charge in [0.25, 0.3) is 0 Å². The Morgan fingerprint density at radius 2 is 1.90 bits per heavy atom. The van der Waals surface area contributed by atoms with E-state index in [-0.39, 0.29) is 0 Å². The van der Waals surface area contributed by atoms with Gasteiger partial charge in [-0.1, -0.05) is 11.6 Å². The highest BCUT2D eigenvalue weighted by Gasteiger charge is 2.33. The van der Waals surface area contributed by atoms with Gasteiger partial charge in [-0.05, 0) is 31.5 Å². The lowest BCUT2D eigenvalue weighted by Crippen LogP contribution is -2.37. The molecule has 7 heteroatoms. The molecule has 0 radical (unpaired) electrons. The van der Waals surface area contributed by atoms with Gasteiger partial charge in [-0.3, -0.25) is 0 Å². The summed E-state index contributed by atoms with van der Waals surface area (Å²) in [4.78, 5) is 6.35. The van der Waals surface area contributed by atoms with E-state index >= 15 is 0 Å². The SMILES string of the molecule is CC(C)(c1cc(Cl)nc(N2CCOCC2)c1)S(C)(=O)=O. The molecule has 0 bridgehead atoms. The highest BCUT2D eigenvalue weighted by atomic mass is 35.5. The van der Waals surface area contributed by atoms with Crippen molar-refractivity contribution in [3.63, 3.8) is 0 Å². The average molecular weight is 319 g/mol. The largest absolute Gasteiger partial charge is 0.378 e. The lowest BCUT2D eigenvalue weighted by Gasteiger charge is -2.30. The molecule has 0 saturated carbocycles. The van der Waals surface area contributed by atoms with Crippen LogP contribution in [0, 0.1) is 0 Å². The Balaban J connectivity index is 2.43. The predicted octanol–water partition coefficient (Wildman–Crippen LogP) is 1.85. The molecular formula is C13H19ClN2O3S. The summed E-state index contributed by atoms with van der Waals surface area (Å²) in [5.41, 5.74) is 0.654. The fourth-order valence-corrected chi connectivity index (χ4v) is 2.75. The summed E-state index contributed by atoms with van der Waals surface area (Å²) in [6.07, 6.45) is 1.23. The number of pyridine rings is 1. The molecule has 0 N–H and O–H groups in total. The standard InChI is InChI=1S/C13H19ClN2O3S/c1-13(2,20(3,17)18)10-8-11(14)15-12(9-10)16-4-6-19-7-5-16/h8-9H,4-7H2,1-3H3. The van der Waals surface area contributed by atoms with Crippen LogP contribution in [0.25, 0.3) is 0 Å². The molecule has 0 spiro atoms. The van der Waals surface area contributed by atoms with E-state index in [4.69, 9.17) is 16.3 Å². The van der Waals surface area contributed by atoms with Crippen molar-refractivity contribution < 1.29 is 13.2 Å². The minimum absolute atomic E-state index is 0.306. The number of ether oxygens (including phenoxy) is 1. The third-order valence-corrected chi connectivity index (χ3v) is 6.02. The molecule has 1 aliphatic rings. The molecular weight excluding hydrogens is 300 g/mol. The number of hydrogen-bond donors (Lipinski definition) is 0.